The van der Waals surface area contributed by atoms with Gasteiger partial charge in [-0.1, -0.05) is 13.8 Å². The van der Waals surface area contributed by atoms with Crippen molar-refractivity contribution in [1.82, 2.24) is 10.2 Å². The molecule has 0 unspecified atom stereocenters. The number of hydrogen-bond acceptors (Lipinski definition) is 2. The minimum absolute atomic E-state index is 0.264. The highest BCUT2D eigenvalue weighted by Gasteiger charge is 2.32. The van der Waals surface area contributed by atoms with Crippen molar-refractivity contribution < 1.29 is 4.79 Å². The molecule has 2 fully saturated rings. The van der Waals surface area contributed by atoms with Crippen LogP contribution in [0.1, 0.15) is 52.4 Å². The van der Waals surface area contributed by atoms with Gasteiger partial charge in [0, 0.05) is 19.0 Å². The number of hydrogen-bond donors (Lipinski definition) is 1. The summed E-state index contributed by atoms with van der Waals surface area (Å²) in [6, 6.07) is 0.894. The number of amides is 1. The van der Waals surface area contributed by atoms with Crippen LogP contribution in [0.15, 0.2) is 0 Å². The van der Waals surface area contributed by atoms with Crippen molar-refractivity contribution in [3.63, 3.8) is 0 Å². The van der Waals surface area contributed by atoms with Gasteiger partial charge >= 0.3 is 0 Å². The van der Waals surface area contributed by atoms with E-state index in [0.717, 1.165) is 25.4 Å². The molecule has 18 heavy (non-hydrogen) atoms. The van der Waals surface area contributed by atoms with Crippen molar-refractivity contribution in [3.8, 4) is 0 Å². The zero-order chi connectivity index (χ0) is 13.0. The van der Waals surface area contributed by atoms with E-state index < -0.39 is 0 Å². The van der Waals surface area contributed by atoms with Crippen LogP contribution in [-0.4, -0.2) is 36.5 Å². The van der Waals surface area contributed by atoms with E-state index in [-0.39, 0.29) is 5.91 Å². The van der Waals surface area contributed by atoms with Crippen LogP contribution in [0.2, 0.25) is 0 Å². The minimum atomic E-state index is 0.264. The average molecular weight is 252 g/mol. The van der Waals surface area contributed by atoms with Gasteiger partial charge in [-0.25, -0.2) is 0 Å². The molecule has 3 heteroatoms. The Balaban J connectivity index is 1.57. The lowest BCUT2D eigenvalue weighted by Gasteiger charge is -2.31. The largest absolute Gasteiger partial charge is 0.356 e. The second-order valence-corrected chi connectivity index (χ2v) is 6.45. The molecule has 3 nitrogen and oxygen atoms in total. The first kappa shape index (κ1) is 13.9. The Bertz CT molecular complexity index is 266. The molecule has 1 N–H and O–H groups in total. The molecular weight excluding hydrogens is 224 g/mol. The molecule has 1 saturated heterocycles. The quantitative estimate of drug-likeness (QED) is 0.787. The summed E-state index contributed by atoms with van der Waals surface area (Å²) >= 11 is 0. The molecular formula is C15H28N2O. The number of likely N-dealkylation sites (tertiary alicyclic amines) is 1. The van der Waals surface area contributed by atoms with Crippen molar-refractivity contribution >= 4 is 5.91 Å². The van der Waals surface area contributed by atoms with Crippen molar-refractivity contribution in [1.29, 1.82) is 0 Å². The third-order valence-electron chi connectivity index (χ3n) is 4.23. The molecule has 0 atom stereocenters. The molecule has 0 aromatic rings. The maximum Gasteiger partial charge on any atom is 0.220 e. The number of carbonyl (C=O) groups excluding carboxylic acids is 1. The summed E-state index contributed by atoms with van der Waals surface area (Å²) in [6.07, 6.45) is 7.07. The van der Waals surface area contributed by atoms with Gasteiger partial charge in [-0.2, -0.15) is 0 Å². The van der Waals surface area contributed by atoms with Crippen LogP contribution >= 0.6 is 0 Å². The normalized spacial score (nSPS) is 22.4. The number of nitrogens with one attached hydrogen (secondary N) is 1. The second kappa shape index (κ2) is 6.55. The van der Waals surface area contributed by atoms with E-state index in [1.54, 1.807) is 0 Å². The van der Waals surface area contributed by atoms with Gasteiger partial charge in [0.1, 0.15) is 0 Å². The SMILES string of the molecule is CC(C)CCNC(=O)CC1CCN(C2CC2)CC1. The first-order chi connectivity index (χ1) is 8.65. The molecule has 0 aromatic carbocycles. The van der Waals surface area contributed by atoms with E-state index in [4.69, 9.17) is 0 Å². The fourth-order valence-electron chi connectivity index (χ4n) is 2.80. The van der Waals surface area contributed by atoms with Gasteiger partial charge in [-0.3, -0.25) is 4.79 Å². The molecule has 1 heterocycles. The fraction of sp³-hybridized carbons (Fsp3) is 0.933. The molecule has 1 saturated carbocycles. The zero-order valence-corrected chi connectivity index (χ0v) is 12.0. The maximum absolute atomic E-state index is 11.8. The van der Waals surface area contributed by atoms with E-state index >= 15 is 0 Å². The van der Waals surface area contributed by atoms with Gasteiger partial charge in [-0.15, -0.1) is 0 Å². The smallest absolute Gasteiger partial charge is 0.220 e. The molecule has 0 spiro atoms. The molecule has 1 amide bonds. The van der Waals surface area contributed by atoms with Crippen LogP contribution in [0, 0.1) is 11.8 Å². The molecule has 0 radical (unpaired) electrons. The Hall–Kier alpha value is -0.570. The van der Waals surface area contributed by atoms with Crippen LogP contribution in [0.4, 0.5) is 0 Å². The zero-order valence-electron chi connectivity index (χ0n) is 12.0. The molecule has 1 aliphatic heterocycles. The summed E-state index contributed by atoms with van der Waals surface area (Å²) in [6.45, 7) is 7.67. The van der Waals surface area contributed by atoms with Crippen molar-refractivity contribution in [2.45, 2.75) is 58.4 Å². The summed E-state index contributed by atoms with van der Waals surface area (Å²) < 4.78 is 0. The summed E-state index contributed by atoms with van der Waals surface area (Å²) in [5, 5.41) is 3.06. The Kier molecular flexibility index (Phi) is 5.04. The van der Waals surface area contributed by atoms with Gasteiger partial charge in [0.2, 0.25) is 5.91 Å². The standard InChI is InChI=1S/C15H28N2O/c1-12(2)5-8-16-15(18)11-13-6-9-17(10-7-13)14-3-4-14/h12-14H,3-11H2,1-2H3,(H,16,18). The number of rotatable bonds is 6. The number of nitrogens with zero attached hydrogens (tertiary/aromatic N) is 1. The van der Waals surface area contributed by atoms with Crippen LogP contribution in [0.5, 0.6) is 0 Å². The topological polar surface area (TPSA) is 32.3 Å². The Morgan fingerprint density at radius 2 is 1.89 bits per heavy atom. The molecule has 1 aliphatic carbocycles. The van der Waals surface area contributed by atoms with Crippen LogP contribution in [0.3, 0.4) is 0 Å². The lowest BCUT2D eigenvalue weighted by atomic mass is 9.93. The molecule has 104 valence electrons. The van der Waals surface area contributed by atoms with E-state index in [2.05, 4.69) is 24.1 Å². The summed E-state index contributed by atoms with van der Waals surface area (Å²) in [5.41, 5.74) is 0. The van der Waals surface area contributed by atoms with Gasteiger partial charge in [0.25, 0.3) is 0 Å². The monoisotopic (exact) mass is 252 g/mol. The number of carbonyl (C=O) groups is 1. The van der Waals surface area contributed by atoms with E-state index in [9.17, 15) is 4.79 Å². The van der Waals surface area contributed by atoms with Crippen LogP contribution in [-0.2, 0) is 4.79 Å². The number of piperidine rings is 1. The maximum atomic E-state index is 11.8. The fourth-order valence-corrected chi connectivity index (χ4v) is 2.80. The highest BCUT2D eigenvalue weighted by atomic mass is 16.1. The Labute approximate surface area is 111 Å². The predicted octanol–water partition coefficient (Wildman–Crippen LogP) is 2.41. The van der Waals surface area contributed by atoms with Gasteiger partial charge < -0.3 is 10.2 Å². The second-order valence-electron chi connectivity index (χ2n) is 6.45. The summed E-state index contributed by atoms with van der Waals surface area (Å²) in [5.74, 6) is 1.56. The molecule has 0 aromatic heterocycles. The Morgan fingerprint density at radius 3 is 2.44 bits per heavy atom. The minimum Gasteiger partial charge on any atom is -0.356 e. The molecule has 2 rings (SSSR count). The first-order valence-corrected chi connectivity index (χ1v) is 7.66. The third-order valence-corrected chi connectivity index (χ3v) is 4.23. The first-order valence-electron chi connectivity index (χ1n) is 7.66. The summed E-state index contributed by atoms with van der Waals surface area (Å²) in [7, 11) is 0. The van der Waals surface area contributed by atoms with Gasteiger partial charge in [0.05, 0.1) is 0 Å². The summed E-state index contributed by atoms with van der Waals surface area (Å²) in [4.78, 5) is 14.4. The van der Waals surface area contributed by atoms with Crippen molar-refractivity contribution in [2.24, 2.45) is 11.8 Å². The predicted molar refractivity (Wildman–Crippen MR) is 74.4 cm³/mol. The Morgan fingerprint density at radius 1 is 1.22 bits per heavy atom. The van der Waals surface area contributed by atoms with E-state index in [0.29, 0.717) is 11.8 Å². The van der Waals surface area contributed by atoms with Crippen molar-refractivity contribution in [2.75, 3.05) is 19.6 Å². The highest BCUT2D eigenvalue weighted by molar-refractivity contribution is 5.76. The van der Waals surface area contributed by atoms with Gasteiger partial charge in [-0.05, 0) is 57.0 Å². The van der Waals surface area contributed by atoms with Gasteiger partial charge in [0.15, 0.2) is 0 Å². The van der Waals surface area contributed by atoms with E-state index in [1.807, 2.05) is 0 Å². The van der Waals surface area contributed by atoms with Crippen LogP contribution in [0.25, 0.3) is 0 Å². The average Bonchev–Trinajstić information content (AvgIpc) is 3.13. The molecule has 2 aliphatic rings. The van der Waals surface area contributed by atoms with Crippen molar-refractivity contribution in [3.05, 3.63) is 0 Å². The third kappa shape index (κ3) is 4.60. The highest BCUT2D eigenvalue weighted by Crippen LogP contribution is 2.31. The lowest BCUT2D eigenvalue weighted by Crippen LogP contribution is -2.37. The lowest BCUT2D eigenvalue weighted by molar-refractivity contribution is -0.122. The van der Waals surface area contributed by atoms with E-state index in [1.165, 1.54) is 38.8 Å². The molecule has 0 bridgehead atoms. The van der Waals surface area contributed by atoms with Crippen LogP contribution < -0.4 is 5.32 Å².